The third kappa shape index (κ3) is 3.51. The van der Waals surface area contributed by atoms with Gasteiger partial charge in [-0.3, -0.25) is 4.79 Å². The van der Waals surface area contributed by atoms with Crippen molar-refractivity contribution >= 4 is 50.3 Å². The molecule has 1 aromatic carbocycles. The van der Waals surface area contributed by atoms with E-state index in [2.05, 4.69) is 43.3 Å². The van der Waals surface area contributed by atoms with Crippen molar-refractivity contribution in [1.82, 2.24) is 15.4 Å². The Kier molecular flexibility index (Phi) is 4.88. The maximum atomic E-state index is 12.0. The Morgan fingerprint density at radius 3 is 3.22 bits per heavy atom. The molecule has 3 rings (SSSR count). The molecule has 0 spiro atoms. The lowest BCUT2D eigenvalue weighted by atomic mass is 10.2. The zero-order chi connectivity index (χ0) is 16.2. The fourth-order valence-corrected chi connectivity index (χ4v) is 3.32. The summed E-state index contributed by atoms with van der Waals surface area (Å²) in [6.07, 6.45) is 5.45. The first-order valence-corrected chi connectivity index (χ1v) is 8.90. The van der Waals surface area contributed by atoms with Crippen LogP contribution >= 0.6 is 27.3 Å². The van der Waals surface area contributed by atoms with Gasteiger partial charge in [0, 0.05) is 38.7 Å². The maximum absolute atomic E-state index is 12.0. The van der Waals surface area contributed by atoms with Crippen LogP contribution in [0.1, 0.15) is 30.3 Å². The van der Waals surface area contributed by atoms with E-state index in [1.807, 2.05) is 24.4 Å². The lowest BCUT2D eigenvalue weighted by Gasteiger charge is -1.96. The Morgan fingerprint density at radius 1 is 1.52 bits per heavy atom. The second-order valence-electron chi connectivity index (χ2n) is 4.97. The Hall–Kier alpha value is -1.99. The molecule has 0 aliphatic carbocycles. The number of hydrazone groups is 1. The topological polar surface area (TPSA) is 70.1 Å². The summed E-state index contributed by atoms with van der Waals surface area (Å²) in [5.41, 5.74) is 4.90. The van der Waals surface area contributed by atoms with E-state index in [0.717, 1.165) is 38.8 Å². The number of carbonyl (C=O) groups excluding carboxylic acids is 1. The van der Waals surface area contributed by atoms with E-state index in [0.29, 0.717) is 5.69 Å². The van der Waals surface area contributed by atoms with Crippen LogP contribution < -0.4 is 5.43 Å². The van der Waals surface area contributed by atoms with E-state index in [1.165, 1.54) is 11.3 Å². The van der Waals surface area contributed by atoms with Gasteiger partial charge in [-0.1, -0.05) is 29.3 Å². The lowest BCUT2D eigenvalue weighted by Crippen LogP contribution is -2.17. The summed E-state index contributed by atoms with van der Waals surface area (Å²) in [4.78, 5) is 19.7. The van der Waals surface area contributed by atoms with Gasteiger partial charge in [-0.2, -0.15) is 5.10 Å². The minimum atomic E-state index is -0.291. The first-order chi connectivity index (χ1) is 11.2. The number of H-pyrrole nitrogens is 1. The standard InChI is InChI=1S/C16H15BrN4OS/c1-2-3-6-19-21-15(22)14-9-23-16(20-14)12-8-18-13-5-4-10(17)7-11(12)13/h4-9,18H,2-3H2,1H3,(H,21,22)/b19-6+. The predicted octanol–water partition coefficient (Wildman–Crippen LogP) is 4.57. The van der Waals surface area contributed by atoms with Crippen molar-refractivity contribution in [2.24, 2.45) is 5.10 Å². The number of rotatable bonds is 5. The summed E-state index contributed by atoms with van der Waals surface area (Å²) >= 11 is 4.92. The van der Waals surface area contributed by atoms with E-state index in [1.54, 1.807) is 11.6 Å². The number of aromatic nitrogens is 2. The summed E-state index contributed by atoms with van der Waals surface area (Å²) in [5.74, 6) is -0.291. The molecule has 0 aliphatic heterocycles. The van der Waals surface area contributed by atoms with Crippen molar-refractivity contribution in [3.05, 3.63) is 39.9 Å². The number of halogens is 1. The molecule has 0 fully saturated rings. The molecule has 0 atom stereocenters. The number of thiazole rings is 1. The predicted molar refractivity (Wildman–Crippen MR) is 98.0 cm³/mol. The number of nitrogens with zero attached hydrogens (tertiary/aromatic N) is 2. The molecule has 23 heavy (non-hydrogen) atoms. The number of carbonyl (C=O) groups is 1. The van der Waals surface area contributed by atoms with Crippen LogP contribution in [0.3, 0.4) is 0 Å². The van der Waals surface area contributed by atoms with Gasteiger partial charge in [-0.15, -0.1) is 11.3 Å². The molecule has 118 valence electrons. The molecule has 0 bridgehead atoms. The van der Waals surface area contributed by atoms with Gasteiger partial charge < -0.3 is 4.98 Å². The molecule has 0 saturated carbocycles. The molecule has 0 radical (unpaired) electrons. The summed E-state index contributed by atoms with van der Waals surface area (Å²) in [7, 11) is 0. The van der Waals surface area contributed by atoms with Gasteiger partial charge >= 0.3 is 0 Å². The zero-order valence-corrected chi connectivity index (χ0v) is 14.9. The molecule has 2 aromatic heterocycles. The monoisotopic (exact) mass is 390 g/mol. The summed E-state index contributed by atoms with van der Waals surface area (Å²) < 4.78 is 1.01. The number of hydrogen-bond acceptors (Lipinski definition) is 4. The highest BCUT2D eigenvalue weighted by atomic mass is 79.9. The van der Waals surface area contributed by atoms with Gasteiger partial charge in [-0.05, 0) is 24.6 Å². The molecule has 1 amide bonds. The van der Waals surface area contributed by atoms with Gasteiger partial charge in [0.1, 0.15) is 10.7 Å². The van der Waals surface area contributed by atoms with E-state index in [9.17, 15) is 4.79 Å². The molecule has 0 unspecified atom stereocenters. The fourth-order valence-electron chi connectivity index (χ4n) is 2.13. The second-order valence-corrected chi connectivity index (χ2v) is 6.75. The molecular weight excluding hydrogens is 376 g/mol. The van der Waals surface area contributed by atoms with Crippen molar-refractivity contribution in [2.45, 2.75) is 19.8 Å². The molecular formula is C16H15BrN4OS. The minimum Gasteiger partial charge on any atom is -0.360 e. The highest BCUT2D eigenvalue weighted by Gasteiger charge is 2.14. The van der Waals surface area contributed by atoms with Crippen LogP contribution in [0.2, 0.25) is 0 Å². The molecule has 7 heteroatoms. The number of fused-ring (bicyclic) bond motifs is 1. The van der Waals surface area contributed by atoms with Crippen LogP contribution in [-0.2, 0) is 0 Å². The summed E-state index contributed by atoms with van der Waals surface area (Å²) in [6.45, 7) is 2.06. The number of amides is 1. The fraction of sp³-hybridized carbons (Fsp3) is 0.188. The first kappa shape index (κ1) is 15.9. The van der Waals surface area contributed by atoms with Gasteiger partial charge in [0.25, 0.3) is 5.91 Å². The molecule has 2 N–H and O–H groups in total. The lowest BCUT2D eigenvalue weighted by molar-refractivity contribution is 0.0951. The van der Waals surface area contributed by atoms with Crippen LogP contribution in [0.4, 0.5) is 0 Å². The number of benzene rings is 1. The smallest absolute Gasteiger partial charge is 0.290 e. The van der Waals surface area contributed by atoms with Crippen LogP contribution in [-0.4, -0.2) is 22.1 Å². The Bertz CT molecular complexity index is 868. The Balaban J connectivity index is 1.83. The van der Waals surface area contributed by atoms with Gasteiger partial charge in [0.2, 0.25) is 0 Å². The molecule has 0 saturated heterocycles. The van der Waals surface area contributed by atoms with Gasteiger partial charge in [0.05, 0.1) is 0 Å². The van der Waals surface area contributed by atoms with Crippen LogP contribution in [0.5, 0.6) is 0 Å². The number of nitrogens with one attached hydrogen (secondary N) is 2. The Labute approximate surface area is 146 Å². The van der Waals surface area contributed by atoms with E-state index >= 15 is 0 Å². The Morgan fingerprint density at radius 2 is 2.39 bits per heavy atom. The van der Waals surface area contributed by atoms with Crippen molar-refractivity contribution in [3.8, 4) is 10.6 Å². The highest BCUT2D eigenvalue weighted by Crippen LogP contribution is 2.32. The average Bonchev–Trinajstić information content (AvgIpc) is 3.17. The number of unbranched alkanes of at least 4 members (excludes halogenated alkanes) is 1. The average molecular weight is 391 g/mol. The number of hydrogen-bond donors (Lipinski definition) is 2. The third-order valence-electron chi connectivity index (χ3n) is 3.29. The van der Waals surface area contributed by atoms with Crippen molar-refractivity contribution < 1.29 is 4.79 Å². The molecule has 5 nitrogen and oxygen atoms in total. The van der Waals surface area contributed by atoms with Crippen molar-refractivity contribution in [2.75, 3.05) is 0 Å². The molecule has 2 heterocycles. The SMILES string of the molecule is CCC/C=N/NC(=O)c1csc(-c2c[nH]c3ccc(Br)cc23)n1. The summed E-state index contributed by atoms with van der Waals surface area (Å²) in [5, 5.41) is 7.52. The van der Waals surface area contributed by atoms with Gasteiger partial charge in [-0.25, -0.2) is 10.4 Å². The third-order valence-corrected chi connectivity index (χ3v) is 4.66. The van der Waals surface area contributed by atoms with Crippen molar-refractivity contribution in [3.63, 3.8) is 0 Å². The minimum absolute atomic E-state index is 0.291. The van der Waals surface area contributed by atoms with Crippen molar-refractivity contribution in [1.29, 1.82) is 0 Å². The normalized spacial score (nSPS) is 11.4. The summed E-state index contributed by atoms with van der Waals surface area (Å²) in [6, 6.07) is 6.03. The van der Waals surface area contributed by atoms with Gasteiger partial charge in [0.15, 0.2) is 0 Å². The molecule has 3 aromatic rings. The maximum Gasteiger partial charge on any atom is 0.290 e. The van der Waals surface area contributed by atoms with Crippen LogP contribution in [0, 0.1) is 0 Å². The van der Waals surface area contributed by atoms with E-state index in [-0.39, 0.29) is 5.91 Å². The second kappa shape index (κ2) is 7.06. The van der Waals surface area contributed by atoms with E-state index < -0.39 is 0 Å². The number of aromatic amines is 1. The van der Waals surface area contributed by atoms with Crippen LogP contribution in [0.25, 0.3) is 21.5 Å². The van der Waals surface area contributed by atoms with E-state index in [4.69, 9.17) is 0 Å². The van der Waals surface area contributed by atoms with Crippen LogP contribution in [0.15, 0.2) is 39.4 Å². The largest absolute Gasteiger partial charge is 0.360 e. The first-order valence-electron chi connectivity index (χ1n) is 7.23. The highest BCUT2D eigenvalue weighted by molar-refractivity contribution is 9.10. The quantitative estimate of drug-likeness (QED) is 0.494. The molecule has 0 aliphatic rings. The zero-order valence-electron chi connectivity index (χ0n) is 12.5.